The van der Waals surface area contributed by atoms with Gasteiger partial charge in [-0.15, -0.1) is 0 Å². The van der Waals surface area contributed by atoms with Crippen molar-refractivity contribution in [2.45, 2.75) is 0 Å². The molecule has 0 saturated heterocycles. The van der Waals surface area contributed by atoms with Crippen LogP contribution in [0.25, 0.3) is 0 Å². The second kappa shape index (κ2) is 4.45. The van der Waals surface area contributed by atoms with Gasteiger partial charge in [-0.05, 0) is 17.7 Å². The lowest BCUT2D eigenvalue weighted by Gasteiger charge is -1.95. The summed E-state index contributed by atoms with van der Waals surface area (Å²) < 4.78 is 24.2. The molecule has 0 atom stereocenters. The van der Waals surface area contributed by atoms with E-state index in [1.165, 1.54) is 0 Å². The molecular weight excluding hydrogens is 200 g/mol. The van der Waals surface area contributed by atoms with Gasteiger partial charge in [0, 0.05) is 5.02 Å². The smallest absolute Gasteiger partial charge is 0.257 e. The highest BCUT2D eigenvalue weighted by Crippen LogP contribution is 2.10. The van der Waals surface area contributed by atoms with Gasteiger partial charge in [0.1, 0.15) is 6.61 Å². The van der Waals surface area contributed by atoms with E-state index in [1.807, 2.05) is 0 Å². The normalized spacial score (nSPS) is 10.5. The second-order valence-corrected chi connectivity index (χ2v) is 3.09. The summed E-state index contributed by atoms with van der Waals surface area (Å²) in [7, 11) is -2.82. The van der Waals surface area contributed by atoms with Gasteiger partial charge in [0.25, 0.3) is 11.0 Å². The zero-order valence-corrected chi connectivity index (χ0v) is 7.59. The van der Waals surface area contributed by atoms with Crippen molar-refractivity contribution in [3.8, 4) is 0 Å². The molecule has 0 unspecified atom stereocenters. The zero-order valence-electron chi connectivity index (χ0n) is 5.94. The van der Waals surface area contributed by atoms with Crippen LogP contribution in [-0.2, 0) is 15.2 Å². The molecule has 0 spiro atoms. The van der Waals surface area contributed by atoms with E-state index in [4.69, 9.17) is 11.6 Å². The van der Waals surface area contributed by atoms with Gasteiger partial charge in [0.05, 0.1) is 0 Å². The summed E-state index contributed by atoms with van der Waals surface area (Å²) in [6.07, 6.45) is 0. The third kappa shape index (κ3) is 3.21. The number of halogens is 1. The Labute approximate surface area is 77.1 Å². The monoisotopic (exact) mass is 205 g/mol. The quantitative estimate of drug-likeness (QED) is 0.759. The van der Waals surface area contributed by atoms with Crippen LogP contribution in [0.15, 0.2) is 24.3 Å². The molecule has 0 heterocycles. The Hall–Kier alpha value is -0.580. The molecule has 0 aliphatic carbocycles. The summed E-state index contributed by atoms with van der Waals surface area (Å²) in [6.45, 7) is 1.14. The lowest BCUT2D eigenvalue weighted by molar-refractivity contribution is 0.429. The van der Waals surface area contributed by atoms with Crippen LogP contribution in [0, 0.1) is 6.61 Å². The fourth-order valence-electron chi connectivity index (χ4n) is 0.645. The number of thiol groups is 1. The average molecular weight is 206 g/mol. The van der Waals surface area contributed by atoms with Crippen molar-refractivity contribution < 1.29 is 12.6 Å². The SMILES string of the molecule is O=[SH](=O)O[CH]c1ccc(Cl)cc1. The van der Waals surface area contributed by atoms with E-state index in [0.29, 0.717) is 10.6 Å². The summed E-state index contributed by atoms with van der Waals surface area (Å²) in [5.74, 6) is 0. The fraction of sp³-hybridized carbons (Fsp3) is 0. The van der Waals surface area contributed by atoms with Gasteiger partial charge in [0.2, 0.25) is 0 Å². The summed E-state index contributed by atoms with van der Waals surface area (Å²) in [5.41, 5.74) is 0.651. The van der Waals surface area contributed by atoms with Gasteiger partial charge >= 0.3 is 0 Å². The van der Waals surface area contributed by atoms with Crippen molar-refractivity contribution in [1.82, 2.24) is 0 Å². The summed E-state index contributed by atoms with van der Waals surface area (Å²) in [6, 6.07) is 6.60. The van der Waals surface area contributed by atoms with Gasteiger partial charge in [-0.2, -0.15) is 0 Å². The minimum atomic E-state index is -2.82. The van der Waals surface area contributed by atoms with Crippen molar-refractivity contribution in [2.24, 2.45) is 0 Å². The standard InChI is InChI=1S/C7H6ClO3S/c8-7-3-1-6(2-4-7)5-11-12(9)10/h1-5,12H. The molecule has 0 aliphatic heterocycles. The Bertz CT molecular complexity index is 310. The maximum absolute atomic E-state index is 10.00. The maximum Gasteiger partial charge on any atom is 0.257 e. The van der Waals surface area contributed by atoms with Gasteiger partial charge in [-0.25, -0.2) is 8.42 Å². The Morgan fingerprint density at radius 3 is 2.33 bits per heavy atom. The Kier molecular flexibility index (Phi) is 3.52. The first-order chi connectivity index (χ1) is 5.68. The maximum atomic E-state index is 10.00. The lowest BCUT2D eigenvalue weighted by atomic mass is 10.2. The van der Waals surface area contributed by atoms with Crippen molar-refractivity contribution in [3.05, 3.63) is 41.5 Å². The van der Waals surface area contributed by atoms with E-state index < -0.39 is 11.0 Å². The van der Waals surface area contributed by atoms with Crippen LogP contribution in [-0.4, -0.2) is 8.42 Å². The van der Waals surface area contributed by atoms with Crippen LogP contribution in [0.4, 0.5) is 0 Å². The third-order valence-corrected chi connectivity index (χ3v) is 1.67. The number of benzene rings is 1. The molecule has 65 valence electrons. The third-order valence-electron chi connectivity index (χ3n) is 1.14. The van der Waals surface area contributed by atoms with E-state index in [-0.39, 0.29) is 0 Å². The number of hydrogen-bond acceptors (Lipinski definition) is 3. The Morgan fingerprint density at radius 1 is 1.25 bits per heavy atom. The number of rotatable bonds is 3. The first-order valence-corrected chi connectivity index (χ1v) is 4.56. The minimum Gasteiger partial charge on any atom is -0.261 e. The van der Waals surface area contributed by atoms with E-state index in [0.717, 1.165) is 6.61 Å². The van der Waals surface area contributed by atoms with Gasteiger partial charge < -0.3 is 0 Å². The molecule has 0 aliphatic rings. The molecule has 1 rings (SSSR count). The average Bonchev–Trinajstić information content (AvgIpc) is 2.03. The highest BCUT2D eigenvalue weighted by atomic mass is 35.5. The molecule has 0 bridgehead atoms. The predicted octanol–water partition coefficient (Wildman–Crippen LogP) is 1.39. The molecule has 0 amide bonds. The lowest BCUT2D eigenvalue weighted by Crippen LogP contribution is -1.86. The molecule has 1 radical (unpaired) electrons. The fourth-order valence-corrected chi connectivity index (χ4v) is 0.979. The van der Waals surface area contributed by atoms with Gasteiger partial charge in [0.15, 0.2) is 0 Å². The summed E-state index contributed by atoms with van der Waals surface area (Å²) in [5, 5.41) is 0.596. The van der Waals surface area contributed by atoms with Crippen LogP contribution in [0.5, 0.6) is 0 Å². The van der Waals surface area contributed by atoms with Crippen LogP contribution in [0.3, 0.4) is 0 Å². The predicted molar refractivity (Wildman–Crippen MR) is 46.3 cm³/mol. The first kappa shape index (κ1) is 9.51. The van der Waals surface area contributed by atoms with Crippen LogP contribution < -0.4 is 0 Å². The second-order valence-electron chi connectivity index (χ2n) is 2.00. The molecular formula is C7H6ClO3S. The van der Waals surface area contributed by atoms with Crippen molar-refractivity contribution in [2.75, 3.05) is 0 Å². The molecule has 3 nitrogen and oxygen atoms in total. The summed E-state index contributed by atoms with van der Waals surface area (Å²) in [4.78, 5) is 0. The Morgan fingerprint density at radius 2 is 1.83 bits per heavy atom. The molecule has 1 aromatic rings. The molecule has 0 N–H and O–H groups in total. The molecule has 0 fully saturated rings. The van der Waals surface area contributed by atoms with E-state index in [1.54, 1.807) is 24.3 Å². The highest BCUT2D eigenvalue weighted by Gasteiger charge is 1.94. The number of hydrogen-bond donors (Lipinski definition) is 1. The van der Waals surface area contributed by atoms with Crippen molar-refractivity contribution in [3.63, 3.8) is 0 Å². The molecule has 0 aromatic heterocycles. The van der Waals surface area contributed by atoms with Crippen LogP contribution in [0.1, 0.15) is 5.56 Å². The van der Waals surface area contributed by atoms with E-state index in [2.05, 4.69) is 4.18 Å². The van der Waals surface area contributed by atoms with E-state index in [9.17, 15) is 8.42 Å². The van der Waals surface area contributed by atoms with E-state index >= 15 is 0 Å². The first-order valence-electron chi connectivity index (χ1n) is 3.08. The minimum absolute atomic E-state index is 0.596. The molecule has 1 aromatic carbocycles. The topological polar surface area (TPSA) is 43.4 Å². The van der Waals surface area contributed by atoms with Gasteiger partial charge in [-0.1, -0.05) is 23.7 Å². The van der Waals surface area contributed by atoms with Crippen molar-refractivity contribution in [1.29, 1.82) is 0 Å². The Balaban J connectivity index is 2.59. The van der Waals surface area contributed by atoms with Crippen LogP contribution >= 0.6 is 11.6 Å². The highest BCUT2D eigenvalue weighted by molar-refractivity contribution is 7.67. The van der Waals surface area contributed by atoms with Crippen molar-refractivity contribution >= 4 is 22.6 Å². The molecule has 12 heavy (non-hydrogen) atoms. The van der Waals surface area contributed by atoms with Crippen LogP contribution in [0.2, 0.25) is 5.02 Å². The molecule has 0 saturated carbocycles. The zero-order chi connectivity index (χ0) is 8.97. The molecule has 5 heteroatoms. The largest absolute Gasteiger partial charge is 0.261 e. The summed E-state index contributed by atoms with van der Waals surface area (Å²) >= 11 is 5.60. The van der Waals surface area contributed by atoms with Gasteiger partial charge in [-0.3, -0.25) is 4.18 Å².